The highest BCUT2D eigenvalue weighted by molar-refractivity contribution is 8.00. The number of Topliss-reactive ketones (excluding diaryl/α,β-unsaturated/α-hetero) is 1. The third kappa shape index (κ3) is 4.95. The summed E-state index contributed by atoms with van der Waals surface area (Å²) >= 11 is 3.30. The van der Waals surface area contributed by atoms with E-state index in [1.54, 1.807) is 47.4 Å². The first-order valence-electron chi connectivity index (χ1n) is 10.4. The van der Waals surface area contributed by atoms with Crippen molar-refractivity contribution in [1.29, 1.82) is 0 Å². The number of para-hydroxylation sites is 1. The van der Waals surface area contributed by atoms with E-state index in [1.165, 1.54) is 6.07 Å². The van der Waals surface area contributed by atoms with E-state index in [-0.39, 0.29) is 18.3 Å². The maximum Gasteiger partial charge on any atom is 0.338 e. The van der Waals surface area contributed by atoms with Crippen LogP contribution in [0.4, 0.5) is 5.69 Å². The summed E-state index contributed by atoms with van der Waals surface area (Å²) in [6.07, 6.45) is 0. The Balaban J connectivity index is 1.15. The van der Waals surface area contributed by atoms with Crippen molar-refractivity contribution >= 4 is 56.7 Å². The number of nitrogens with zero attached hydrogens (tertiary/aromatic N) is 1. The molecule has 0 atom stereocenters. The van der Waals surface area contributed by atoms with E-state index in [4.69, 9.17) is 9.47 Å². The number of carbonyl (C=O) groups is 3. The Bertz CT molecular complexity index is 1370. The number of ether oxygens (including phenoxy) is 2. The third-order valence-electron chi connectivity index (χ3n) is 5.09. The van der Waals surface area contributed by atoms with E-state index in [2.05, 4.69) is 16.4 Å². The molecule has 1 amide bonds. The highest BCUT2D eigenvalue weighted by Gasteiger charge is 2.19. The van der Waals surface area contributed by atoms with Crippen molar-refractivity contribution < 1.29 is 23.9 Å². The molecule has 0 saturated heterocycles. The number of carbonyl (C=O) groups excluding carboxylic acids is 3. The van der Waals surface area contributed by atoms with Crippen molar-refractivity contribution in [2.24, 2.45) is 0 Å². The molecular weight excluding hydrogens is 472 g/mol. The molecule has 1 N–H and O–H groups in total. The number of amides is 1. The van der Waals surface area contributed by atoms with Crippen molar-refractivity contribution in [3.8, 4) is 5.75 Å². The normalized spacial score (nSPS) is 12.5. The SMILES string of the molecule is O=C1COc2ccc(C(=O)COC(=O)c3ccc(CSc4nc5ccccc5s4)cc3)cc2N1. The Hall–Kier alpha value is -3.69. The van der Waals surface area contributed by atoms with Crippen molar-refractivity contribution in [2.45, 2.75) is 10.1 Å². The number of thioether (sulfide) groups is 1. The number of hydrogen-bond donors (Lipinski definition) is 1. The van der Waals surface area contributed by atoms with Crippen LogP contribution in [-0.2, 0) is 15.3 Å². The molecule has 1 aliphatic rings. The molecule has 3 aromatic carbocycles. The largest absolute Gasteiger partial charge is 0.482 e. The lowest BCUT2D eigenvalue weighted by molar-refractivity contribution is -0.118. The first kappa shape index (κ1) is 22.1. The van der Waals surface area contributed by atoms with Gasteiger partial charge >= 0.3 is 5.97 Å². The summed E-state index contributed by atoms with van der Waals surface area (Å²) in [5, 5.41) is 2.65. The second kappa shape index (κ2) is 9.66. The van der Waals surface area contributed by atoms with Crippen molar-refractivity contribution in [1.82, 2.24) is 4.98 Å². The Morgan fingerprint density at radius 3 is 2.68 bits per heavy atom. The summed E-state index contributed by atoms with van der Waals surface area (Å²) < 4.78 is 12.6. The maximum atomic E-state index is 12.4. The molecule has 1 aliphatic heterocycles. The zero-order chi connectivity index (χ0) is 23.5. The van der Waals surface area contributed by atoms with Crippen molar-refractivity contribution in [2.75, 3.05) is 18.5 Å². The summed E-state index contributed by atoms with van der Waals surface area (Å²) in [5.74, 6) is -0.0141. The van der Waals surface area contributed by atoms with Gasteiger partial charge in [-0.1, -0.05) is 36.0 Å². The van der Waals surface area contributed by atoms with Crippen LogP contribution >= 0.6 is 23.1 Å². The standard InChI is InChI=1S/C25H18N2O5S2/c28-20(17-9-10-21-19(11-17)26-23(29)13-31-21)12-32-24(30)16-7-5-15(6-8-16)14-33-25-27-18-3-1-2-4-22(18)34-25/h1-11H,12-14H2,(H,26,29). The molecule has 0 unspecified atom stereocenters. The number of ketones is 1. The van der Waals surface area contributed by atoms with Crippen LogP contribution in [0.2, 0.25) is 0 Å². The first-order valence-corrected chi connectivity index (χ1v) is 12.2. The van der Waals surface area contributed by atoms with Crippen LogP contribution in [0.25, 0.3) is 10.2 Å². The molecule has 1 aromatic heterocycles. The lowest BCUT2D eigenvalue weighted by atomic mass is 10.1. The topological polar surface area (TPSA) is 94.6 Å². The van der Waals surface area contributed by atoms with Gasteiger partial charge in [0.15, 0.2) is 23.3 Å². The number of hydrogen-bond acceptors (Lipinski definition) is 8. The van der Waals surface area contributed by atoms with Gasteiger partial charge in [0.25, 0.3) is 5.91 Å². The van der Waals surface area contributed by atoms with E-state index < -0.39 is 12.6 Å². The fraction of sp³-hybridized carbons (Fsp3) is 0.120. The average Bonchev–Trinajstić information content (AvgIpc) is 3.29. The molecule has 0 aliphatic carbocycles. The van der Waals surface area contributed by atoms with Gasteiger partial charge in [-0.3, -0.25) is 9.59 Å². The van der Waals surface area contributed by atoms with Crippen LogP contribution in [0, 0.1) is 0 Å². The molecule has 4 aromatic rings. The number of nitrogens with one attached hydrogen (secondary N) is 1. The van der Waals surface area contributed by atoms with Gasteiger partial charge in [0.05, 0.1) is 21.5 Å². The Morgan fingerprint density at radius 2 is 1.85 bits per heavy atom. The highest BCUT2D eigenvalue weighted by Crippen LogP contribution is 2.31. The minimum atomic E-state index is -0.576. The lowest BCUT2D eigenvalue weighted by Crippen LogP contribution is -2.25. The van der Waals surface area contributed by atoms with Crippen LogP contribution in [0.15, 0.2) is 71.1 Å². The smallest absolute Gasteiger partial charge is 0.338 e. The van der Waals surface area contributed by atoms with E-state index >= 15 is 0 Å². The number of anilines is 1. The maximum absolute atomic E-state index is 12.4. The van der Waals surface area contributed by atoms with E-state index in [0.29, 0.717) is 22.6 Å². The number of fused-ring (bicyclic) bond motifs is 2. The molecule has 170 valence electrons. The Morgan fingerprint density at radius 1 is 1.06 bits per heavy atom. The van der Waals surface area contributed by atoms with Gasteiger partial charge in [0.1, 0.15) is 5.75 Å². The molecule has 0 radical (unpaired) electrons. The van der Waals surface area contributed by atoms with E-state index in [0.717, 1.165) is 25.9 Å². The van der Waals surface area contributed by atoms with E-state index in [9.17, 15) is 14.4 Å². The summed E-state index contributed by atoms with van der Waals surface area (Å²) in [7, 11) is 0. The molecule has 5 rings (SSSR count). The average molecular weight is 491 g/mol. The van der Waals surface area contributed by atoms with Gasteiger partial charge in [0.2, 0.25) is 0 Å². The number of esters is 1. The van der Waals surface area contributed by atoms with Gasteiger partial charge in [-0.15, -0.1) is 11.3 Å². The molecule has 34 heavy (non-hydrogen) atoms. The van der Waals surface area contributed by atoms with Crippen LogP contribution in [-0.4, -0.2) is 35.9 Å². The van der Waals surface area contributed by atoms with Crippen LogP contribution in [0.5, 0.6) is 5.75 Å². The number of rotatable bonds is 7. The molecular formula is C25H18N2O5S2. The lowest BCUT2D eigenvalue weighted by Gasteiger charge is -2.18. The van der Waals surface area contributed by atoms with Crippen LogP contribution < -0.4 is 10.1 Å². The predicted octanol–water partition coefficient (Wildman–Crippen LogP) is 4.96. The van der Waals surface area contributed by atoms with Gasteiger partial charge in [0, 0.05) is 11.3 Å². The van der Waals surface area contributed by atoms with Crippen LogP contribution in [0.3, 0.4) is 0 Å². The van der Waals surface area contributed by atoms with Gasteiger partial charge in [-0.05, 0) is 48.0 Å². The molecule has 0 saturated carbocycles. The molecule has 0 spiro atoms. The summed E-state index contributed by atoms with van der Waals surface area (Å²) in [5.41, 5.74) is 3.16. The quantitative estimate of drug-likeness (QED) is 0.222. The summed E-state index contributed by atoms with van der Waals surface area (Å²) in [6, 6.07) is 19.8. The molecule has 7 nitrogen and oxygen atoms in total. The Labute approximate surface area is 203 Å². The van der Waals surface area contributed by atoms with Gasteiger partial charge in [-0.2, -0.15) is 0 Å². The zero-order valence-electron chi connectivity index (χ0n) is 17.8. The number of aromatic nitrogens is 1. The predicted molar refractivity (Wildman–Crippen MR) is 131 cm³/mol. The monoisotopic (exact) mass is 490 g/mol. The molecule has 2 heterocycles. The summed E-state index contributed by atoms with van der Waals surface area (Å²) in [6.45, 7) is -0.459. The zero-order valence-corrected chi connectivity index (χ0v) is 19.4. The molecule has 0 bridgehead atoms. The fourth-order valence-corrected chi connectivity index (χ4v) is 5.37. The van der Waals surface area contributed by atoms with Crippen molar-refractivity contribution in [3.05, 3.63) is 83.4 Å². The van der Waals surface area contributed by atoms with Crippen molar-refractivity contribution in [3.63, 3.8) is 0 Å². The molecule has 0 fully saturated rings. The number of benzene rings is 3. The van der Waals surface area contributed by atoms with Gasteiger partial charge in [-0.25, -0.2) is 9.78 Å². The second-order valence-electron chi connectivity index (χ2n) is 7.48. The second-order valence-corrected chi connectivity index (χ2v) is 9.73. The Kier molecular flexibility index (Phi) is 6.29. The third-order valence-corrected chi connectivity index (χ3v) is 7.35. The summed E-state index contributed by atoms with van der Waals surface area (Å²) in [4.78, 5) is 40.9. The fourth-order valence-electron chi connectivity index (χ4n) is 3.35. The number of thiazole rings is 1. The highest BCUT2D eigenvalue weighted by atomic mass is 32.2. The molecule has 9 heteroatoms. The van der Waals surface area contributed by atoms with Crippen LogP contribution in [0.1, 0.15) is 26.3 Å². The minimum absolute atomic E-state index is 0.0582. The van der Waals surface area contributed by atoms with Gasteiger partial charge < -0.3 is 14.8 Å². The first-order chi connectivity index (χ1) is 16.5. The van der Waals surface area contributed by atoms with E-state index in [1.807, 2.05) is 30.3 Å². The minimum Gasteiger partial charge on any atom is -0.482 e.